The molecule has 0 aliphatic heterocycles. The molecule has 0 amide bonds. The summed E-state index contributed by atoms with van der Waals surface area (Å²) in [5, 5.41) is 2.30. The molecule has 0 saturated heterocycles. The van der Waals surface area contributed by atoms with Gasteiger partial charge < -0.3 is 0 Å². The quantitative estimate of drug-likeness (QED) is 0.174. The molecule has 62 heavy (non-hydrogen) atoms. The van der Waals surface area contributed by atoms with Gasteiger partial charge in [0.1, 0.15) is 0 Å². The molecular weight excluding hydrogens is 753 g/mol. The molecule has 0 saturated carbocycles. The smallest absolute Gasteiger partial charge is 0.238 e. The van der Waals surface area contributed by atoms with Crippen molar-refractivity contribution >= 4 is 21.8 Å². The average molecular weight is 789 g/mol. The summed E-state index contributed by atoms with van der Waals surface area (Å²) in [7, 11) is 0. The molecular formula is C58H36N4. The summed E-state index contributed by atoms with van der Waals surface area (Å²) in [6.07, 6.45) is 0. The summed E-state index contributed by atoms with van der Waals surface area (Å²) in [4.78, 5) is 16.0. The third-order valence-electron chi connectivity index (χ3n) is 13.1. The highest BCUT2D eigenvalue weighted by molar-refractivity contribution is 6.13. The zero-order chi connectivity index (χ0) is 40.8. The number of fused-ring (bicyclic) bond motifs is 13. The van der Waals surface area contributed by atoms with E-state index in [1.165, 1.54) is 44.5 Å². The van der Waals surface area contributed by atoms with Crippen LogP contribution in [0.1, 0.15) is 22.3 Å². The maximum absolute atomic E-state index is 5.42. The van der Waals surface area contributed by atoms with Crippen molar-refractivity contribution < 1.29 is 0 Å². The summed E-state index contributed by atoms with van der Waals surface area (Å²) in [6.45, 7) is 0. The van der Waals surface area contributed by atoms with Crippen LogP contribution in [0.3, 0.4) is 0 Å². The largest absolute Gasteiger partial charge is 0.278 e. The molecule has 2 aromatic heterocycles. The molecule has 0 atom stereocenters. The maximum Gasteiger partial charge on any atom is 0.238 e. The Bertz CT molecular complexity index is 3530. The Balaban J connectivity index is 1.13. The van der Waals surface area contributed by atoms with Gasteiger partial charge in [-0.1, -0.05) is 194 Å². The van der Waals surface area contributed by atoms with Gasteiger partial charge >= 0.3 is 0 Å². The van der Waals surface area contributed by atoms with Crippen LogP contribution in [0.5, 0.6) is 0 Å². The molecule has 288 valence electrons. The van der Waals surface area contributed by atoms with Gasteiger partial charge in [0.05, 0.1) is 16.4 Å². The summed E-state index contributed by atoms with van der Waals surface area (Å²) in [5.41, 5.74) is 18.3. The maximum atomic E-state index is 5.42. The van der Waals surface area contributed by atoms with E-state index in [1.807, 2.05) is 24.3 Å². The number of hydrogen-bond acceptors (Lipinski definition) is 3. The van der Waals surface area contributed by atoms with Crippen molar-refractivity contribution in [1.82, 2.24) is 19.5 Å². The van der Waals surface area contributed by atoms with E-state index in [0.29, 0.717) is 17.6 Å². The van der Waals surface area contributed by atoms with Crippen molar-refractivity contribution in [3.8, 4) is 73.2 Å². The van der Waals surface area contributed by atoms with Crippen LogP contribution < -0.4 is 0 Å². The summed E-state index contributed by atoms with van der Waals surface area (Å²) in [6, 6.07) is 78.6. The SMILES string of the molecule is c1ccc(-c2cccc(-c3nc(-c4ccccc4)nc(-n4c5cc(-c6ccccc6)ccc5c5cc6c(cc54)-c4ccccc4C64c5ccccc5-c5ccccc54)n3)c2)cc1. The van der Waals surface area contributed by atoms with Gasteiger partial charge in [-0.25, -0.2) is 4.98 Å². The Morgan fingerprint density at radius 3 is 1.37 bits per heavy atom. The van der Waals surface area contributed by atoms with Crippen LogP contribution in [0.2, 0.25) is 0 Å². The lowest BCUT2D eigenvalue weighted by Gasteiger charge is -2.30. The number of hydrogen-bond donors (Lipinski definition) is 0. The molecule has 1 spiro atoms. The predicted octanol–water partition coefficient (Wildman–Crippen LogP) is 14.0. The molecule has 13 rings (SSSR count). The highest BCUT2D eigenvalue weighted by Crippen LogP contribution is 2.63. The molecule has 0 N–H and O–H groups in total. The Labute approximate surface area is 359 Å². The number of aromatic nitrogens is 4. The predicted molar refractivity (Wildman–Crippen MR) is 252 cm³/mol. The van der Waals surface area contributed by atoms with E-state index in [0.717, 1.165) is 55.2 Å². The zero-order valence-electron chi connectivity index (χ0n) is 33.6. The third-order valence-corrected chi connectivity index (χ3v) is 13.1. The second-order valence-corrected chi connectivity index (χ2v) is 16.3. The van der Waals surface area contributed by atoms with E-state index in [4.69, 9.17) is 15.0 Å². The number of nitrogens with zero attached hydrogens (tertiary/aromatic N) is 4. The second-order valence-electron chi connectivity index (χ2n) is 16.3. The molecule has 11 aromatic rings. The van der Waals surface area contributed by atoms with E-state index >= 15 is 0 Å². The highest BCUT2D eigenvalue weighted by atomic mass is 15.2. The van der Waals surface area contributed by atoms with Gasteiger partial charge in [0.25, 0.3) is 0 Å². The first kappa shape index (κ1) is 34.6. The van der Waals surface area contributed by atoms with E-state index in [9.17, 15) is 0 Å². The molecule has 0 radical (unpaired) electrons. The minimum atomic E-state index is -0.462. The zero-order valence-corrected chi connectivity index (χ0v) is 33.6. The van der Waals surface area contributed by atoms with Gasteiger partial charge in [-0.2, -0.15) is 9.97 Å². The highest BCUT2D eigenvalue weighted by Gasteiger charge is 2.51. The van der Waals surface area contributed by atoms with Crippen LogP contribution in [-0.4, -0.2) is 19.5 Å². The van der Waals surface area contributed by atoms with Gasteiger partial charge in [0.15, 0.2) is 11.6 Å². The van der Waals surface area contributed by atoms with Crippen LogP contribution in [-0.2, 0) is 5.41 Å². The molecule has 9 aromatic carbocycles. The van der Waals surface area contributed by atoms with E-state index in [2.05, 4.69) is 199 Å². The summed E-state index contributed by atoms with van der Waals surface area (Å²) in [5.74, 6) is 1.81. The van der Waals surface area contributed by atoms with E-state index in [-0.39, 0.29) is 0 Å². The topological polar surface area (TPSA) is 43.6 Å². The number of rotatable bonds is 5. The minimum absolute atomic E-state index is 0.462. The molecule has 0 fully saturated rings. The van der Waals surface area contributed by atoms with Crippen LogP contribution in [0.25, 0.3) is 95.0 Å². The van der Waals surface area contributed by atoms with Gasteiger partial charge in [0.2, 0.25) is 5.95 Å². The molecule has 4 heteroatoms. The lowest BCUT2D eigenvalue weighted by molar-refractivity contribution is 0.795. The van der Waals surface area contributed by atoms with Crippen molar-refractivity contribution in [2.75, 3.05) is 0 Å². The second kappa shape index (κ2) is 13.4. The van der Waals surface area contributed by atoms with Crippen molar-refractivity contribution in [2.45, 2.75) is 5.41 Å². The van der Waals surface area contributed by atoms with Crippen LogP contribution >= 0.6 is 0 Å². The Morgan fingerprint density at radius 1 is 0.290 bits per heavy atom. The standard InChI is InChI=1S/C58H36N4/c1-4-17-37(18-5-1)40-23-16-24-42(33-40)56-59-55(39-21-8-3-9-22-39)60-57(61-56)62-53-34-41(38-19-6-2-7-20-38)31-32-46(53)48-35-52-47(36-54(48)62)45-27-12-15-30-51(45)58(52)49-28-13-10-25-43(49)44-26-11-14-29-50(44)58/h1-36H. The van der Waals surface area contributed by atoms with Crippen molar-refractivity contribution in [3.05, 3.63) is 241 Å². The fourth-order valence-electron chi connectivity index (χ4n) is 10.4. The lowest BCUT2D eigenvalue weighted by atomic mass is 9.70. The normalized spacial score (nSPS) is 13.0. The third kappa shape index (κ3) is 4.98. The summed E-state index contributed by atoms with van der Waals surface area (Å²) >= 11 is 0. The van der Waals surface area contributed by atoms with E-state index in [1.54, 1.807) is 0 Å². The monoisotopic (exact) mass is 788 g/mol. The fraction of sp³-hybridized carbons (Fsp3) is 0.0172. The van der Waals surface area contributed by atoms with Gasteiger partial charge in [0, 0.05) is 21.9 Å². The van der Waals surface area contributed by atoms with E-state index < -0.39 is 5.41 Å². The van der Waals surface area contributed by atoms with Gasteiger partial charge in [-0.3, -0.25) is 4.57 Å². The average Bonchev–Trinajstić information content (AvgIpc) is 3.95. The van der Waals surface area contributed by atoms with Crippen LogP contribution in [0.4, 0.5) is 0 Å². The fourth-order valence-corrected chi connectivity index (χ4v) is 10.4. The van der Waals surface area contributed by atoms with Crippen molar-refractivity contribution in [3.63, 3.8) is 0 Å². The molecule has 2 aliphatic carbocycles. The van der Waals surface area contributed by atoms with Crippen molar-refractivity contribution in [1.29, 1.82) is 0 Å². The first-order chi connectivity index (χ1) is 30.7. The summed E-state index contributed by atoms with van der Waals surface area (Å²) < 4.78 is 2.28. The molecule has 2 heterocycles. The van der Waals surface area contributed by atoms with Crippen LogP contribution in [0.15, 0.2) is 218 Å². The van der Waals surface area contributed by atoms with Crippen LogP contribution in [0, 0.1) is 0 Å². The van der Waals surface area contributed by atoms with Crippen molar-refractivity contribution in [2.24, 2.45) is 0 Å². The first-order valence-corrected chi connectivity index (χ1v) is 21.2. The van der Waals surface area contributed by atoms with Gasteiger partial charge in [-0.05, 0) is 91.0 Å². The molecule has 2 aliphatic rings. The minimum Gasteiger partial charge on any atom is -0.278 e. The first-order valence-electron chi connectivity index (χ1n) is 21.2. The molecule has 0 bridgehead atoms. The van der Waals surface area contributed by atoms with Gasteiger partial charge in [-0.15, -0.1) is 0 Å². The number of benzene rings is 9. The Kier molecular flexibility index (Phi) is 7.49. The Morgan fingerprint density at radius 2 is 0.758 bits per heavy atom. The Hall–Kier alpha value is -8.21. The molecule has 0 unspecified atom stereocenters. The lowest BCUT2D eigenvalue weighted by Crippen LogP contribution is -2.25. The molecule has 4 nitrogen and oxygen atoms in total.